The van der Waals surface area contributed by atoms with Crippen LogP contribution in [0.15, 0.2) is 24.3 Å². The summed E-state index contributed by atoms with van der Waals surface area (Å²) in [5.74, 6) is 1.49. The summed E-state index contributed by atoms with van der Waals surface area (Å²) >= 11 is 0. The number of benzene rings is 2. The Hall–Kier alpha value is -4.52. The fourth-order valence-corrected chi connectivity index (χ4v) is 4.13. The molecule has 2 aliphatic rings. The third kappa shape index (κ3) is 2.61. The number of fused-ring (bicyclic) bond motifs is 3. The minimum Gasteiger partial charge on any atom is -0.508 e. The second-order valence-electron chi connectivity index (χ2n) is 7.14. The van der Waals surface area contributed by atoms with E-state index >= 15 is 0 Å². The molecule has 32 heavy (non-hydrogen) atoms. The standard InChI is InChI=1S/C22H18N4O6/c1-28-14-6-11(18(29-2)20-19(14)30-8-31-20)15-10-4-3-9(27)5-13(10)32-22-16(15)17(24)12(7-23)21(25)26-22/h3-6,15,27H,8H2,1-2H3,(H4,24,25,26)/t15-/m1/s1. The molecule has 2 aromatic carbocycles. The lowest BCUT2D eigenvalue weighted by Crippen LogP contribution is -2.18. The fraction of sp³-hybridized carbons (Fsp3) is 0.182. The number of anilines is 2. The maximum atomic E-state index is 10.0. The van der Waals surface area contributed by atoms with Crippen LogP contribution >= 0.6 is 0 Å². The van der Waals surface area contributed by atoms with Crippen LogP contribution in [-0.4, -0.2) is 31.1 Å². The first-order valence-corrected chi connectivity index (χ1v) is 9.52. The van der Waals surface area contributed by atoms with Gasteiger partial charge in [0.2, 0.25) is 24.2 Å². The summed E-state index contributed by atoms with van der Waals surface area (Å²) in [7, 11) is 3.03. The van der Waals surface area contributed by atoms with Crippen molar-refractivity contribution in [3.8, 4) is 46.4 Å². The normalized spacial score (nSPS) is 15.2. The van der Waals surface area contributed by atoms with E-state index in [2.05, 4.69) is 4.98 Å². The lowest BCUT2D eigenvalue weighted by atomic mass is 9.81. The second-order valence-corrected chi connectivity index (χ2v) is 7.14. The third-order valence-corrected chi connectivity index (χ3v) is 5.51. The summed E-state index contributed by atoms with van der Waals surface area (Å²) in [5.41, 5.74) is 14.2. The first-order valence-electron chi connectivity index (χ1n) is 9.52. The number of hydrogen-bond acceptors (Lipinski definition) is 10. The number of nitrogens with zero attached hydrogens (tertiary/aromatic N) is 2. The van der Waals surface area contributed by atoms with Crippen LogP contribution < -0.4 is 35.2 Å². The van der Waals surface area contributed by atoms with Crippen molar-refractivity contribution in [2.45, 2.75) is 5.92 Å². The zero-order valence-corrected chi connectivity index (χ0v) is 17.1. The van der Waals surface area contributed by atoms with E-state index in [-0.39, 0.29) is 35.5 Å². The summed E-state index contributed by atoms with van der Waals surface area (Å²) in [5, 5.41) is 19.6. The van der Waals surface area contributed by atoms with Gasteiger partial charge >= 0.3 is 0 Å². The lowest BCUT2D eigenvalue weighted by molar-refractivity contribution is 0.168. The molecule has 0 radical (unpaired) electrons. The number of methoxy groups -OCH3 is 2. The van der Waals surface area contributed by atoms with E-state index in [0.29, 0.717) is 45.4 Å². The van der Waals surface area contributed by atoms with Crippen LogP contribution in [0.4, 0.5) is 11.5 Å². The van der Waals surface area contributed by atoms with Crippen molar-refractivity contribution in [3.05, 3.63) is 46.5 Å². The molecule has 3 aromatic rings. The number of rotatable bonds is 3. The average Bonchev–Trinajstić information content (AvgIpc) is 3.26. The molecule has 0 bridgehead atoms. The Labute approximate surface area is 182 Å². The van der Waals surface area contributed by atoms with E-state index in [0.717, 1.165) is 0 Å². The van der Waals surface area contributed by atoms with Gasteiger partial charge in [0.05, 0.1) is 25.5 Å². The van der Waals surface area contributed by atoms with Crippen molar-refractivity contribution in [3.63, 3.8) is 0 Å². The molecule has 1 atom stereocenters. The van der Waals surface area contributed by atoms with Gasteiger partial charge in [-0.3, -0.25) is 0 Å². The van der Waals surface area contributed by atoms with Gasteiger partial charge < -0.3 is 40.3 Å². The topological polar surface area (TPSA) is 155 Å². The molecule has 162 valence electrons. The molecule has 10 nitrogen and oxygen atoms in total. The van der Waals surface area contributed by atoms with Crippen molar-refractivity contribution in [1.82, 2.24) is 4.98 Å². The average molecular weight is 434 g/mol. The number of nitrogens with two attached hydrogens (primary N) is 2. The van der Waals surface area contributed by atoms with Crippen LogP contribution in [0.2, 0.25) is 0 Å². The van der Waals surface area contributed by atoms with Crippen molar-refractivity contribution in [2.75, 3.05) is 32.5 Å². The molecule has 0 aliphatic carbocycles. The number of aromatic nitrogens is 1. The molecule has 10 heteroatoms. The van der Waals surface area contributed by atoms with Crippen molar-refractivity contribution in [1.29, 1.82) is 5.26 Å². The van der Waals surface area contributed by atoms with Gasteiger partial charge in [-0.2, -0.15) is 10.2 Å². The van der Waals surface area contributed by atoms with Gasteiger partial charge in [-0.15, -0.1) is 0 Å². The molecular formula is C22H18N4O6. The predicted molar refractivity (Wildman–Crippen MR) is 113 cm³/mol. The highest BCUT2D eigenvalue weighted by Gasteiger charge is 2.38. The largest absolute Gasteiger partial charge is 0.508 e. The Balaban J connectivity index is 1.88. The zero-order chi connectivity index (χ0) is 22.6. The zero-order valence-electron chi connectivity index (χ0n) is 17.1. The maximum Gasteiger partial charge on any atom is 0.231 e. The number of nitrogen functional groups attached to an aromatic ring is 2. The van der Waals surface area contributed by atoms with Gasteiger partial charge in [0, 0.05) is 23.1 Å². The molecule has 0 amide bonds. The van der Waals surface area contributed by atoms with Gasteiger partial charge in [0.15, 0.2) is 11.5 Å². The number of aromatic hydroxyl groups is 1. The lowest BCUT2D eigenvalue weighted by Gasteiger charge is -2.30. The molecular weight excluding hydrogens is 416 g/mol. The summed E-state index contributed by atoms with van der Waals surface area (Å²) in [6.07, 6.45) is 0. The van der Waals surface area contributed by atoms with Gasteiger partial charge in [0.25, 0.3) is 0 Å². The van der Waals surface area contributed by atoms with E-state index in [4.69, 9.17) is 35.2 Å². The second kappa shape index (κ2) is 7.02. The number of nitriles is 1. The Morgan fingerprint density at radius 2 is 1.91 bits per heavy atom. The molecule has 5 rings (SSSR count). The van der Waals surface area contributed by atoms with Crippen LogP contribution in [0.25, 0.3) is 0 Å². The van der Waals surface area contributed by atoms with Gasteiger partial charge in [-0.1, -0.05) is 6.07 Å². The fourth-order valence-electron chi connectivity index (χ4n) is 4.13. The van der Waals surface area contributed by atoms with Crippen molar-refractivity contribution in [2.24, 2.45) is 0 Å². The van der Waals surface area contributed by atoms with Crippen LogP contribution in [0.3, 0.4) is 0 Å². The molecule has 2 aliphatic heterocycles. The smallest absolute Gasteiger partial charge is 0.231 e. The molecule has 1 aromatic heterocycles. The van der Waals surface area contributed by atoms with Crippen LogP contribution in [0.5, 0.6) is 40.4 Å². The minimum atomic E-state index is -0.604. The number of ether oxygens (including phenoxy) is 5. The molecule has 3 heterocycles. The van der Waals surface area contributed by atoms with Crippen LogP contribution in [0, 0.1) is 11.3 Å². The third-order valence-electron chi connectivity index (χ3n) is 5.51. The Morgan fingerprint density at radius 1 is 1.12 bits per heavy atom. The highest BCUT2D eigenvalue weighted by molar-refractivity contribution is 5.77. The van der Waals surface area contributed by atoms with Gasteiger partial charge in [0.1, 0.15) is 28.9 Å². The molecule has 0 saturated heterocycles. The SMILES string of the molecule is COc1cc([C@H]2c3ccc(O)cc3Oc3nc(N)c(C#N)c(N)c32)c(OC)c2c1OCO2. The van der Waals surface area contributed by atoms with E-state index in [9.17, 15) is 10.4 Å². The number of hydrogen-bond donors (Lipinski definition) is 3. The molecule has 0 saturated carbocycles. The van der Waals surface area contributed by atoms with E-state index in [1.54, 1.807) is 12.1 Å². The minimum absolute atomic E-state index is 0.00997. The van der Waals surface area contributed by atoms with Crippen molar-refractivity contribution >= 4 is 11.5 Å². The first-order chi connectivity index (χ1) is 15.5. The maximum absolute atomic E-state index is 10.0. The number of phenolic OH excluding ortho intramolecular Hbond substituents is 1. The Morgan fingerprint density at radius 3 is 2.62 bits per heavy atom. The first kappa shape index (κ1) is 19.4. The van der Waals surface area contributed by atoms with E-state index < -0.39 is 5.92 Å². The van der Waals surface area contributed by atoms with Crippen LogP contribution in [0.1, 0.15) is 28.2 Å². The highest BCUT2D eigenvalue weighted by Crippen LogP contribution is 2.57. The van der Waals surface area contributed by atoms with Crippen LogP contribution in [-0.2, 0) is 0 Å². The molecule has 5 N–H and O–H groups in total. The summed E-state index contributed by atoms with van der Waals surface area (Å²) in [6.45, 7) is 0.0130. The van der Waals surface area contributed by atoms with Gasteiger partial charge in [-0.05, 0) is 12.1 Å². The van der Waals surface area contributed by atoms with E-state index in [1.165, 1.54) is 26.4 Å². The van der Waals surface area contributed by atoms with Gasteiger partial charge in [-0.25, -0.2) is 0 Å². The quantitative estimate of drug-likeness (QED) is 0.438. The summed E-state index contributed by atoms with van der Waals surface area (Å²) < 4.78 is 28.4. The molecule has 0 unspecified atom stereocenters. The molecule has 0 spiro atoms. The number of pyridine rings is 1. The Bertz CT molecular complexity index is 1320. The van der Waals surface area contributed by atoms with E-state index in [1.807, 2.05) is 6.07 Å². The number of phenols is 1. The highest BCUT2D eigenvalue weighted by atomic mass is 16.7. The monoisotopic (exact) mass is 434 g/mol. The Kier molecular flexibility index (Phi) is 4.27. The van der Waals surface area contributed by atoms with Crippen molar-refractivity contribution < 1.29 is 28.8 Å². The predicted octanol–water partition coefficient (Wildman–Crippen LogP) is 2.86. The summed E-state index contributed by atoms with van der Waals surface area (Å²) in [6, 6.07) is 8.46. The molecule has 0 fully saturated rings. The summed E-state index contributed by atoms with van der Waals surface area (Å²) in [4.78, 5) is 4.26.